The molecule has 2 fully saturated rings. The minimum Gasteiger partial charge on any atom is -0.444 e. The highest BCUT2D eigenvalue weighted by Gasteiger charge is 2.71. The molecule has 1 unspecified atom stereocenters. The molecule has 1 amide bonds. The smallest absolute Gasteiger partial charge is 0.410 e. The van der Waals surface area contributed by atoms with Gasteiger partial charge in [-0.25, -0.2) is 4.79 Å². The number of ether oxygens (including phenoxy) is 1. The molecule has 6 heteroatoms. The van der Waals surface area contributed by atoms with Crippen molar-refractivity contribution in [2.24, 2.45) is 11.8 Å². The predicted molar refractivity (Wildman–Crippen MR) is 84.0 cm³/mol. The summed E-state index contributed by atoms with van der Waals surface area (Å²) in [6.07, 6.45) is 1.41. The van der Waals surface area contributed by atoms with Gasteiger partial charge >= 0.3 is 6.09 Å². The van der Waals surface area contributed by atoms with Crippen molar-refractivity contribution in [1.29, 1.82) is 5.26 Å². The summed E-state index contributed by atoms with van der Waals surface area (Å²) < 4.78 is 6.32. The Kier molecular flexibility index (Phi) is 3.44. The number of aromatic nitrogens is 1. The number of carbonyl (C=O) groups excluding carboxylic acids is 1. The molecule has 2 heterocycles. The van der Waals surface area contributed by atoms with Crippen molar-refractivity contribution in [3.8, 4) is 6.07 Å². The van der Waals surface area contributed by atoms with E-state index in [1.54, 1.807) is 11.1 Å². The summed E-state index contributed by atoms with van der Waals surface area (Å²) in [5, 5.41) is 9.68. The third-order valence-electron chi connectivity index (χ3n) is 4.36. The number of halogens is 1. The molecule has 22 heavy (non-hydrogen) atoms. The van der Waals surface area contributed by atoms with Crippen LogP contribution in [0.15, 0.2) is 22.8 Å². The maximum absolute atomic E-state index is 12.1. The number of carbonyl (C=O) groups is 1. The van der Waals surface area contributed by atoms with Gasteiger partial charge in [0.25, 0.3) is 0 Å². The Bertz CT molecular complexity index is 650. The van der Waals surface area contributed by atoms with E-state index in [1.165, 1.54) is 0 Å². The zero-order valence-corrected chi connectivity index (χ0v) is 14.4. The van der Waals surface area contributed by atoms with E-state index in [4.69, 9.17) is 4.74 Å². The highest BCUT2D eigenvalue weighted by atomic mass is 79.9. The standard InChI is InChI=1S/C16H18BrN3O2/c1-15(2,3)22-14(21)20-7-11-12(8-20)16(11,9-18)13-6-10(17)4-5-19-13/h4-6,11-12H,7-8H2,1-3H3/t11-,12+,16?. The van der Waals surface area contributed by atoms with Gasteiger partial charge in [-0.3, -0.25) is 4.98 Å². The van der Waals surface area contributed by atoms with Crippen LogP contribution in [0.25, 0.3) is 0 Å². The zero-order chi connectivity index (χ0) is 16.1. The maximum atomic E-state index is 12.1. The van der Waals surface area contributed by atoms with Gasteiger partial charge in [0.2, 0.25) is 0 Å². The number of amides is 1. The molecular weight excluding hydrogens is 346 g/mol. The molecule has 0 radical (unpaired) electrons. The van der Waals surface area contributed by atoms with E-state index in [2.05, 4.69) is 27.0 Å². The Balaban J connectivity index is 1.74. The van der Waals surface area contributed by atoms with E-state index in [9.17, 15) is 10.1 Å². The number of piperidine rings is 1. The Hall–Kier alpha value is -1.61. The fourth-order valence-electron chi connectivity index (χ4n) is 3.34. The summed E-state index contributed by atoms with van der Waals surface area (Å²) in [6.45, 7) is 6.68. The van der Waals surface area contributed by atoms with Crippen molar-refractivity contribution < 1.29 is 9.53 Å². The van der Waals surface area contributed by atoms with Crippen molar-refractivity contribution in [2.75, 3.05) is 13.1 Å². The number of nitriles is 1. The quantitative estimate of drug-likeness (QED) is 0.768. The number of fused-ring (bicyclic) bond motifs is 1. The number of hydrogen-bond donors (Lipinski definition) is 0. The highest BCUT2D eigenvalue weighted by Crippen LogP contribution is 2.62. The molecule has 1 aliphatic carbocycles. The van der Waals surface area contributed by atoms with E-state index < -0.39 is 11.0 Å². The summed E-state index contributed by atoms with van der Waals surface area (Å²) in [5.41, 5.74) is -0.257. The average Bonchev–Trinajstić information content (AvgIpc) is 2.80. The van der Waals surface area contributed by atoms with Crippen molar-refractivity contribution in [3.63, 3.8) is 0 Å². The van der Waals surface area contributed by atoms with Gasteiger partial charge in [-0.2, -0.15) is 5.26 Å². The van der Waals surface area contributed by atoms with Crippen LogP contribution < -0.4 is 0 Å². The Morgan fingerprint density at radius 2 is 2.14 bits per heavy atom. The molecule has 3 rings (SSSR count). The number of pyridine rings is 1. The predicted octanol–water partition coefficient (Wildman–Crippen LogP) is 3.10. The molecule has 116 valence electrons. The highest BCUT2D eigenvalue weighted by molar-refractivity contribution is 9.10. The monoisotopic (exact) mass is 363 g/mol. The molecule has 1 aliphatic heterocycles. The molecule has 0 aromatic carbocycles. The van der Waals surface area contributed by atoms with Crippen LogP contribution in [0.4, 0.5) is 4.79 Å². The van der Waals surface area contributed by atoms with Gasteiger partial charge in [-0.15, -0.1) is 0 Å². The fraction of sp³-hybridized carbons (Fsp3) is 0.562. The molecule has 0 bridgehead atoms. The summed E-state index contributed by atoms with van der Waals surface area (Å²) in [5.74, 6) is 0.290. The van der Waals surface area contributed by atoms with Gasteiger partial charge in [0.15, 0.2) is 0 Å². The minimum absolute atomic E-state index is 0.145. The van der Waals surface area contributed by atoms with E-state index in [0.29, 0.717) is 13.1 Å². The molecule has 0 N–H and O–H groups in total. The summed E-state index contributed by atoms with van der Waals surface area (Å²) in [7, 11) is 0. The lowest BCUT2D eigenvalue weighted by molar-refractivity contribution is 0.0265. The van der Waals surface area contributed by atoms with Crippen LogP contribution in [-0.2, 0) is 10.2 Å². The Morgan fingerprint density at radius 1 is 1.50 bits per heavy atom. The molecule has 1 saturated carbocycles. The first-order valence-corrected chi connectivity index (χ1v) is 8.08. The van der Waals surface area contributed by atoms with Crippen molar-refractivity contribution in [3.05, 3.63) is 28.5 Å². The van der Waals surface area contributed by atoms with Gasteiger partial charge in [-0.1, -0.05) is 15.9 Å². The molecule has 1 aromatic heterocycles. The second kappa shape index (κ2) is 4.95. The molecule has 1 saturated heterocycles. The Labute approximate surface area is 138 Å². The fourth-order valence-corrected chi connectivity index (χ4v) is 3.67. The van der Waals surface area contributed by atoms with Crippen LogP contribution >= 0.6 is 15.9 Å². The minimum atomic E-state index is -0.553. The molecule has 1 aromatic rings. The maximum Gasteiger partial charge on any atom is 0.410 e. The lowest BCUT2D eigenvalue weighted by Gasteiger charge is -2.27. The summed E-state index contributed by atoms with van der Waals surface area (Å²) >= 11 is 3.43. The van der Waals surface area contributed by atoms with Crippen LogP contribution in [0.5, 0.6) is 0 Å². The lowest BCUT2D eigenvalue weighted by atomic mass is 9.96. The second-order valence-corrected chi connectivity index (χ2v) is 7.85. The van der Waals surface area contributed by atoms with E-state index in [0.717, 1.165) is 10.2 Å². The molecule has 3 atom stereocenters. The number of hydrogen-bond acceptors (Lipinski definition) is 4. The molecular formula is C16H18BrN3O2. The van der Waals surface area contributed by atoms with Gasteiger partial charge in [-0.05, 0) is 32.9 Å². The van der Waals surface area contributed by atoms with Gasteiger partial charge in [0.05, 0.1) is 11.8 Å². The summed E-state index contributed by atoms with van der Waals surface area (Å²) in [6, 6.07) is 6.19. The third-order valence-corrected chi connectivity index (χ3v) is 4.86. The number of nitrogens with zero attached hydrogens (tertiary/aromatic N) is 3. The van der Waals surface area contributed by atoms with Crippen molar-refractivity contribution in [2.45, 2.75) is 31.8 Å². The zero-order valence-electron chi connectivity index (χ0n) is 12.8. The van der Waals surface area contributed by atoms with Crippen molar-refractivity contribution in [1.82, 2.24) is 9.88 Å². The largest absolute Gasteiger partial charge is 0.444 e. The van der Waals surface area contributed by atoms with Gasteiger partial charge in [0.1, 0.15) is 11.0 Å². The van der Waals surface area contributed by atoms with E-state index in [-0.39, 0.29) is 17.9 Å². The van der Waals surface area contributed by atoms with Crippen LogP contribution in [0.3, 0.4) is 0 Å². The van der Waals surface area contributed by atoms with E-state index >= 15 is 0 Å². The van der Waals surface area contributed by atoms with Crippen LogP contribution in [0, 0.1) is 23.2 Å². The molecule has 2 aliphatic rings. The number of likely N-dealkylation sites (tertiary alicyclic amines) is 1. The first-order valence-electron chi connectivity index (χ1n) is 7.29. The SMILES string of the molecule is CC(C)(C)OC(=O)N1C[C@@H]2[C@H](C1)C2(C#N)c1cc(Br)ccn1. The second-order valence-electron chi connectivity index (χ2n) is 6.94. The molecule has 0 spiro atoms. The van der Waals surface area contributed by atoms with Crippen molar-refractivity contribution >= 4 is 22.0 Å². The van der Waals surface area contributed by atoms with Crippen LogP contribution in [-0.4, -0.2) is 34.7 Å². The summed E-state index contributed by atoms with van der Waals surface area (Å²) in [4.78, 5) is 18.2. The first kappa shape index (κ1) is 15.3. The Morgan fingerprint density at radius 3 is 2.64 bits per heavy atom. The van der Waals surface area contributed by atoms with Crippen LogP contribution in [0.1, 0.15) is 26.5 Å². The lowest BCUT2D eigenvalue weighted by Crippen LogP contribution is -2.39. The van der Waals surface area contributed by atoms with Gasteiger partial charge in [0, 0.05) is 35.6 Å². The van der Waals surface area contributed by atoms with Gasteiger partial charge < -0.3 is 9.64 Å². The molecule has 5 nitrogen and oxygen atoms in total. The normalized spacial score (nSPS) is 29.7. The first-order chi connectivity index (χ1) is 10.3. The van der Waals surface area contributed by atoms with E-state index in [1.807, 2.05) is 32.9 Å². The topological polar surface area (TPSA) is 66.2 Å². The van der Waals surface area contributed by atoms with Crippen LogP contribution in [0.2, 0.25) is 0 Å². The third kappa shape index (κ3) is 2.38. The average molecular weight is 364 g/mol. The number of rotatable bonds is 1.